The van der Waals surface area contributed by atoms with Crippen molar-refractivity contribution in [2.75, 3.05) is 25.4 Å². The number of benzene rings is 1. The SMILES string of the molecule is CC(C)CC(CC(=O)NO)C(=O)N[C@@H](CCC(N)=O)C(=O)N[C@@H](Cc1c[nH]c2ccccc12)C(=O)NCC(=O)NCC(=O)N[C@@H](CCCCNC(=O)CCCC[C@@H]1SC[C@@H]2NC(=O)N[C@@H]21)C(N)=O. The number of rotatable bonds is 30. The average Bonchev–Trinajstić information content (AvgIpc) is 4.00. The van der Waals surface area contributed by atoms with E-state index in [9.17, 15) is 47.9 Å². The van der Waals surface area contributed by atoms with Crippen molar-refractivity contribution in [3.63, 3.8) is 0 Å². The smallest absolute Gasteiger partial charge is 0.315 e. The minimum Gasteiger partial charge on any atom is -0.370 e. The molecule has 24 heteroatoms. The van der Waals surface area contributed by atoms with E-state index in [4.69, 9.17) is 16.7 Å². The van der Waals surface area contributed by atoms with Crippen molar-refractivity contribution in [3.05, 3.63) is 36.0 Å². The monoisotopic (exact) mass is 970 g/mol. The van der Waals surface area contributed by atoms with Crippen molar-refractivity contribution in [1.82, 2.24) is 53.0 Å². The molecule has 1 unspecified atom stereocenters. The lowest BCUT2D eigenvalue weighted by atomic mass is 9.92. The maximum atomic E-state index is 13.8. The maximum Gasteiger partial charge on any atom is 0.315 e. The first-order valence-electron chi connectivity index (χ1n) is 22.9. The Morgan fingerprint density at radius 3 is 2.22 bits per heavy atom. The second-order valence-corrected chi connectivity index (χ2v) is 18.8. The van der Waals surface area contributed by atoms with Gasteiger partial charge in [0.25, 0.3) is 0 Å². The molecule has 0 bridgehead atoms. The van der Waals surface area contributed by atoms with Gasteiger partial charge in [-0.15, -0.1) is 0 Å². The Kier molecular flexibility index (Phi) is 21.8. The van der Waals surface area contributed by atoms with Crippen LogP contribution in [0.4, 0.5) is 4.79 Å². The second-order valence-electron chi connectivity index (χ2n) is 17.5. The summed E-state index contributed by atoms with van der Waals surface area (Å²) in [5.41, 5.74) is 13.8. The Hall–Kier alpha value is -6.43. The van der Waals surface area contributed by atoms with Crippen molar-refractivity contribution in [3.8, 4) is 0 Å². The van der Waals surface area contributed by atoms with E-state index in [0.29, 0.717) is 43.0 Å². The summed E-state index contributed by atoms with van der Waals surface area (Å²) in [5.74, 6) is -6.46. The number of aromatic amines is 1. The molecule has 2 aromatic rings. The zero-order valence-corrected chi connectivity index (χ0v) is 39.2. The number of hydrogen-bond acceptors (Lipinski definition) is 12. The fourth-order valence-corrected chi connectivity index (χ4v) is 9.64. The molecule has 7 atom stereocenters. The van der Waals surface area contributed by atoms with E-state index in [-0.39, 0.29) is 68.5 Å². The molecule has 0 radical (unpaired) electrons. The number of unbranched alkanes of at least 4 members (excludes halogenated alkanes) is 2. The van der Waals surface area contributed by atoms with Gasteiger partial charge in [-0.2, -0.15) is 11.8 Å². The van der Waals surface area contributed by atoms with Gasteiger partial charge in [0.1, 0.15) is 18.1 Å². The summed E-state index contributed by atoms with van der Waals surface area (Å²) in [6, 6.07) is 3.60. The minimum absolute atomic E-state index is 0.0539. The molecule has 0 spiro atoms. The van der Waals surface area contributed by atoms with Gasteiger partial charge in [-0.3, -0.25) is 48.4 Å². The highest BCUT2D eigenvalue weighted by atomic mass is 32.2. The third-order valence-electron chi connectivity index (χ3n) is 11.6. The Balaban J connectivity index is 1.24. The van der Waals surface area contributed by atoms with Gasteiger partial charge >= 0.3 is 6.03 Å². The number of nitrogens with two attached hydrogens (primary N) is 2. The predicted octanol–water partition coefficient (Wildman–Crippen LogP) is -1.28. The first-order valence-corrected chi connectivity index (χ1v) is 23.9. The van der Waals surface area contributed by atoms with E-state index >= 15 is 0 Å². The van der Waals surface area contributed by atoms with Crippen LogP contribution in [0.3, 0.4) is 0 Å². The number of primary amides is 2. The summed E-state index contributed by atoms with van der Waals surface area (Å²) < 4.78 is 0. The molecule has 2 aliphatic heterocycles. The Morgan fingerprint density at radius 1 is 0.765 bits per heavy atom. The molecule has 68 heavy (non-hydrogen) atoms. The van der Waals surface area contributed by atoms with E-state index in [1.165, 1.54) is 5.48 Å². The van der Waals surface area contributed by atoms with Gasteiger partial charge in [-0.05, 0) is 62.5 Å². The average molecular weight is 971 g/mol. The number of hydrogen-bond donors (Lipinski definition) is 13. The van der Waals surface area contributed by atoms with Gasteiger partial charge in [0.15, 0.2) is 0 Å². The molecule has 2 aliphatic rings. The molecule has 0 aliphatic carbocycles. The van der Waals surface area contributed by atoms with Crippen molar-refractivity contribution in [2.24, 2.45) is 23.3 Å². The Labute approximate surface area is 398 Å². The largest absolute Gasteiger partial charge is 0.370 e. The highest BCUT2D eigenvalue weighted by Crippen LogP contribution is 2.33. The number of carbonyl (C=O) groups is 10. The lowest BCUT2D eigenvalue weighted by molar-refractivity contribution is -0.137. The molecule has 15 N–H and O–H groups in total. The normalized spacial score (nSPS) is 17.9. The summed E-state index contributed by atoms with van der Waals surface area (Å²) >= 11 is 1.83. The van der Waals surface area contributed by atoms with Gasteiger partial charge < -0.3 is 59.0 Å². The molecule has 3 heterocycles. The van der Waals surface area contributed by atoms with Crippen molar-refractivity contribution in [1.29, 1.82) is 0 Å². The van der Waals surface area contributed by atoms with Crippen molar-refractivity contribution in [2.45, 2.75) is 126 Å². The third-order valence-corrected chi connectivity index (χ3v) is 13.1. The zero-order chi connectivity index (χ0) is 49.8. The summed E-state index contributed by atoms with van der Waals surface area (Å²) in [4.78, 5) is 129. The fraction of sp³-hybridized carbons (Fsp3) is 0.591. The molecule has 1 aromatic carbocycles. The van der Waals surface area contributed by atoms with E-state index in [2.05, 4.69) is 47.5 Å². The molecular weight excluding hydrogens is 905 g/mol. The van der Waals surface area contributed by atoms with E-state index in [0.717, 1.165) is 29.5 Å². The number of fused-ring (bicyclic) bond motifs is 2. The molecule has 11 amide bonds. The van der Waals surface area contributed by atoms with Gasteiger partial charge in [-0.1, -0.05) is 38.5 Å². The van der Waals surface area contributed by atoms with Crippen molar-refractivity contribution < 1.29 is 53.2 Å². The first kappa shape index (κ1) is 54.2. The van der Waals surface area contributed by atoms with Gasteiger partial charge in [-0.25, -0.2) is 10.3 Å². The van der Waals surface area contributed by atoms with Gasteiger partial charge in [0.05, 0.1) is 25.2 Å². The second kappa shape index (κ2) is 27.4. The zero-order valence-electron chi connectivity index (χ0n) is 38.4. The summed E-state index contributed by atoms with van der Waals surface area (Å²) in [5, 5.41) is 31.4. The van der Waals surface area contributed by atoms with Crippen LogP contribution in [0, 0.1) is 11.8 Å². The summed E-state index contributed by atoms with van der Waals surface area (Å²) in [6.45, 7) is 2.82. The number of H-pyrrole nitrogens is 1. The number of hydroxylamine groups is 1. The highest BCUT2D eigenvalue weighted by Gasteiger charge is 2.42. The number of para-hydroxylation sites is 1. The number of amides is 11. The maximum absolute atomic E-state index is 13.8. The summed E-state index contributed by atoms with van der Waals surface area (Å²) in [7, 11) is 0. The van der Waals surface area contributed by atoms with Crippen LogP contribution in [0.15, 0.2) is 30.5 Å². The van der Waals surface area contributed by atoms with Crippen LogP contribution < -0.4 is 59.5 Å². The van der Waals surface area contributed by atoms with Crippen LogP contribution in [0.1, 0.15) is 90.0 Å². The molecule has 23 nitrogen and oxygen atoms in total. The van der Waals surface area contributed by atoms with E-state index in [1.807, 2.05) is 37.7 Å². The summed E-state index contributed by atoms with van der Waals surface area (Å²) in [6.07, 6.45) is 4.83. The van der Waals surface area contributed by atoms with Crippen LogP contribution in [0.25, 0.3) is 10.9 Å². The molecule has 2 fully saturated rings. The number of carbonyl (C=O) groups excluding carboxylic acids is 10. The number of nitrogens with one attached hydrogen (secondary N) is 10. The standard InChI is InChI=1S/C44H66N12O11S/c1-24(2)17-25(19-36(59)56-67)41(63)52-30(14-15-34(45)57)43(65)53-31(18-26-20-48-28-10-4-3-9-27(26)28)42(64)50-21-37(60)49-22-38(61)51-29(40(46)62)11-7-8-16-47-35(58)13-6-5-12-33-39-32(23-68-33)54-44(66)55-39/h3-4,9-10,20,24-25,29-33,39,48,67H,5-8,11-19,21-23H2,1-2H3,(H2,45,57)(H2,46,62)(H,47,58)(H,49,60)(H,50,64)(H,51,61)(H,52,63)(H,53,65)(H,56,59)(H2,54,55,66)/t25?,29-,30-,31-,32-,33-,39-/m0/s1. The Bertz CT molecular complexity index is 2120. The van der Waals surface area contributed by atoms with Crippen molar-refractivity contribution >= 4 is 81.9 Å². The van der Waals surface area contributed by atoms with Crippen LogP contribution in [0.5, 0.6) is 0 Å². The Morgan fingerprint density at radius 2 is 1.50 bits per heavy atom. The number of urea groups is 1. The van der Waals surface area contributed by atoms with Crippen LogP contribution in [-0.4, -0.2) is 130 Å². The third kappa shape index (κ3) is 18.0. The van der Waals surface area contributed by atoms with Crippen LogP contribution in [0.2, 0.25) is 0 Å². The predicted molar refractivity (Wildman–Crippen MR) is 250 cm³/mol. The van der Waals surface area contributed by atoms with Gasteiger partial charge in [0, 0.05) is 66.2 Å². The van der Waals surface area contributed by atoms with Crippen LogP contribution >= 0.6 is 11.8 Å². The molecule has 1 aromatic heterocycles. The minimum atomic E-state index is -1.38. The molecule has 2 saturated heterocycles. The van der Waals surface area contributed by atoms with E-state index < -0.39 is 84.4 Å². The highest BCUT2D eigenvalue weighted by molar-refractivity contribution is 8.00. The lowest BCUT2D eigenvalue weighted by Gasteiger charge is -2.25. The number of aromatic nitrogens is 1. The first-order chi connectivity index (χ1) is 32.4. The molecule has 4 rings (SSSR count). The molecule has 0 saturated carbocycles. The quantitative estimate of drug-likeness (QED) is 0.0189. The topological polar surface area (TPSA) is 367 Å². The molecule has 374 valence electrons. The van der Waals surface area contributed by atoms with Crippen LogP contribution in [-0.2, 0) is 49.6 Å². The van der Waals surface area contributed by atoms with Gasteiger partial charge in [0.2, 0.25) is 53.2 Å². The fourth-order valence-electron chi connectivity index (χ4n) is 8.10. The van der Waals surface area contributed by atoms with E-state index in [1.54, 1.807) is 18.3 Å². The molecular formula is C44H66N12O11S. The lowest BCUT2D eigenvalue weighted by Crippen LogP contribution is -2.56. The number of thioether (sulfide) groups is 1.